The van der Waals surface area contributed by atoms with E-state index in [2.05, 4.69) is 20.7 Å². The van der Waals surface area contributed by atoms with E-state index in [4.69, 9.17) is 0 Å². The van der Waals surface area contributed by atoms with Gasteiger partial charge in [0.05, 0.1) is 11.4 Å². The van der Waals surface area contributed by atoms with Crippen LogP contribution < -0.4 is 4.72 Å². The molecule has 0 aromatic heterocycles. The molecule has 1 N–H and O–H groups in total. The van der Waals surface area contributed by atoms with E-state index in [1.165, 1.54) is 0 Å². The van der Waals surface area contributed by atoms with Crippen molar-refractivity contribution in [2.24, 2.45) is 0 Å². The van der Waals surface area contributed by atoms with Gasteiger partial charge in [-0.1, -0.05) is 12.1 Å². The molecule has 8 heteroatoms. The second kappa shape index (κ2) is 6.13. The van der Waals surface area contributed by atoms with Gasteiger partial charge in [0.1, 0.15) is 0 Å². The molecule has 0 unspecified atom stereocenters. The maximum absolute atomic E-state index is 12.0. The quantitative estimate of drug-likeness (QED) is 0.867. The van der Waals surface area contributed by atoms with E-state index in [1.54, 1.807) is 25.1 Å². The van der Waals surface area contributed by atoms with Gasteiger partial charge >= 0.3 is 6.18 Å². The first kappa shape index (κ1) is 16.3. The summed E-state index contributed by atoms with van der Waals surface area (Å²) in [5.41, 5.74) is 1.16. The molecule has 1 rings (SSSR count). The van der Waals surface area contributed by atoms with Gasteiger partial charge in [-0.05, 0) is 40.9 Å². The highest BCUT2D eigenvalue weighted by atomic mass is 79.9. The lowest BCUT2D eigenvalue weighted by atomic mass is 10.2. The van der Waals surface area contributed by atoms with Crippen LogP contribution in [0.25, 0.3) is 0 Å². The number of nitrogens with one attached hydrogen (secondary N) is 1. The Hall–Kier alpha value is -0.760. The zero-order valence-electron chi connectivity index (χ0n) is 10.1. The van der Waals surface area contributed by atoms with E-state index in [9.17, 15) is 21.6 Å². The molecule has 0 heterocycles. The Morgan fingerprint density at radius 1 is 1.32 bits per heavy atom. The zero-order valence-corrected chi connectivity index (χ0v) is 12.5. The van der Waals surface area contributed by atoms with Crippen LogP contribution in [0.4, 0.5) is 18.9 Å². The third-order valence-electron chi connectivity index (χ3n) is 2.33. The summed E-state index contributed by atoms with van der Waals surface area (Å²) in [7, 11) is -3.78. The second-order valence-electron chi connectivity index (χ2n) is 4.08. The summed E-state index contributed by atoms with van der Waals surface area (Å²) in [5, 5.41) is 0. The maximum Gasteiger partial charge on any atom is 0.389 e. The summed E-state index contributed by atoms with van der Waals surface area (Å²) in [5.74, 6) is -0.563. The topological polar surface area (TPSA) is 46.2 Å². The molecule has 0 fully saturated rings. The van der Waals surface area contributed by atoms with E-state index < -0.39 is 34.8 Å². The molecule has 0 aliphatic heterocycles. The average Bonchev–Trinajstić information content (AvgIpc) is 2.22. The normalized spacial score (nSPS) is 12.5. The molecule has 0 amide bonds. The van der Waals surface area contributed by atoms with Gasteiger partial charge in [0.25, 0.3) is 0 Å². The monoisotopic (exact) mass is 359 g/mol. The summed E-state index contributed by atoms with van der Waals surface area (Å²) in [6.45, 7) is 1.78. The number of sulfonamides is 1. The molecule has 0 atom stereocenters. The van der Waals surface area contributed by atoms with Crippen molar-refractivity contribution in [3.8, 4) is 0 Å². The molecule has 3 nitrogen and oxygen atoms in total. The van der Waals surface area contributed by atoms with Gasteiger partial charge in [-0.3, -0.25) is 4.72 Å². The SMILES string of the molecule is Cc1cccc(NS(=O)(=O)CCCC(F)(F)F)c1Br. The number of hydrogen-bond donors (Lipinski definition) is 1. The fourth-order valence-corrected chi connectivity index (χ4v) is 3.03. The summed E-state index contributed by atoms with van der Waals surface area (Å²) < 4.78 is 62.0. The number of halogens is 4. The van der Waals surface area contributed by atoms with Gasteiger partial charge in [-0.25, -0.2) is 8.42 Å². The predicted molar refractivity (Wildman–Crippen MR) is 71.6 cm³/mol. The number of anilines is 1. The minimum absolute atomic E-state index is 0.326. The van der Waals surface area contributed by atoms with Crippen molar-refractivity contribution in [2.45, 2.75) is 25.9 Å². The second-order valence-corrected chi connectivity index (χ2v) is 6.71. The fraction of sp³-hybridized carbons (Fsp3) is 0.455. The van der Waals surface area contributed by atoms with Crippen LogP contribution in [0.1, 0.15) is 18.4 Å². The highest BCUT2D eigenvalue weighted by Crippen LogP contribution is 2.27. The largest absolute Gasteiger partial charge is 0.389 e. The van der Waals surface area contributed by atoms with E-state index in [0.717, 1.165) is 5.56 Å². The number of rotatable bonds is 5. The van der Waals surface area contributed by atoms with Crippen LogP contribution in [0, 0.1) is 6.92 Å². The Labute approximate surface area is 118 Å². The Kier molecular flexibility index (Phi) is 5.26. The van der Waals surface area contributed by atoms with Crippen molar-refractivity contribution in [1.82, 2.24) is 0 Å². The zero-order chi connectivity index (χ0) is 14.7. The first-order chi connectivity index (χ1) is 8.61. The number of hydrogen-bond acceptors (Lipinski definition) is 2. The van der Waals surface area contributed by atoms with Crippen molar-refractivity contribution < 1.29 is 21.6 Å². The van der Waals surface area contributed by atoms with Gasteiger partial charge < -0.3 is 0 Å². The van der Waals surface area contributed by atoms with Gasteiger partial charge in [-0.15, -0.1) is 0 Å². The molecule has 0 bridgehead atoms. The van der Waals surface area contributed by atoms with Crippen LogP contribution in [0.3, 0.4) is 0 Å². The molecule has 0 aliphatic rings. The van der Waals surface area contributed by atoms with Crippen LogP contribution >= 0.6 is 15.9 Å². The van der Waals surface area contributed by atoms with Gasteiger partial charge in [-0.2, -0.15) is 13.2 Å². The molecule has 0 spiro atoms. The summed E-state index contributed by atoms with van der Waals surface area (Å²) >= 11 is 3.23. The Balaban J connectivity index is 2.67. The Morgan fingerprint density at radius 2 is 1.95 bits per heavy atom. The van der Waals surface area contributed by atoms with Crippen molar-refractivity contribution in [1.29, 1.82) is 0 Å². The van der Waals surface area contributed by atoms with E-state index in [1.807, 2.05) is 0 Å². The molecule has 1 aromatic carbocycles. The molecule has 0 saturated carbocycles. The molecular weight excluding hydrogens is 347 g/mol. The standard InChI is InChI=1S/C11H13BrF3NO2S/c1-8-4-2-5-9(10(8)12)16-19(17,18)7-3-6-11(13,14)15/h2,4-5,16H,3,6-7H2,1H3. The molecule has 0 saturated heterocycles. The lowest BCUT2D eigenvalue weighted by Gasteiger charge is -2.11. The summed E-state index contributed by atoms with van der Waals surface area (Å²) in [6.07, 6.45) is -5.90. The van der Waals surface area contributed by atoms with E-state index >= 15 is 0 Å². The first-order valence-electron chi connectivity index (χ1n) is 5.43. The predicted octanol–water partition coefficient (Wildman–Crippen LogP) is 3.84. The lowest BCUT2D eigenvalue weighted by molar-refractivity contribution is -0.134. The molecule has 108 valence electrons. The Morgan fingerprint density at radius 3 is 2.53 bits per heavy atom. The lowest BCUT2D eigenvalue weighted by Crippen LogP contribution is -2.19. The van der Waals surface area contributed by atoms with Gasteiger partial charge in [0, 0.05) is 10.9 Å². The summed E-state index contributed by atoms with van der Waals surface area (Å²) in [4.78, 5) is 0. The molecule has 19 heavy (non-hydrogen) atoms. The van der Waals surface area contributed by atoms with Crippen molar-refractivity contribution >= 4 is 31.6 Å². The van der Waals surface area contributed by atoms with Gasteiger partial charge in [0.2, 0.25) is 10.0 Å². The number of aryl methyl sites for hydroxylation is 1. The molecular formula is C11H13BrF3NO2S. The first-order valence-corrected chi connectivity index (χ1v) is 7.87. The molecule has 0 radical (unpaired) electrons. The highest BCUT2D eigenvalue weighted by Gasteiger charge is 2.27. The Bertz CT molecular complexity index is 543. The van der Waals surface area contributed by atoms with Crippen molar-refractivity contribution in [2.75, 3.05) is 10.5 Å². The van der Waals surface area contributed by atoms with Crippen LogP contribution in [-0.2, 0) is 10.0 Å². The van der Waals surface area contributed by atoms with Crippen molar-refractivity contribution in [3.63, 3.8) is 0 Å². The molecule has 1 aromatic rings. The number of alkyl halides is 3. The van der Waals surface area contributed by atoms with Crippen molar-refractivity contribution in [3.05, 3.63) is 28.2 Å². The number of benzene rings is 1. The van der Waals surface area contributed by atoms with Crippen LogP contribution in [-0.4, -0.2) is 20.3 Å². The van der Waals surface area contributed by atoms with Gasteiger partial charge in [0.15, 0.2) is 0 Å². The van der Waals surface area contributed by atoms with E-state index in [-0.39, 0.29) is 0 Å². The minimum atomic E-state index is -4.33. The highest BCUT2D eigenvalue weighted by molar-refractivity contribution is 9.10. The average molecular weight is 360 g/mol. The smallest absolute Gasteiger partial charge is 0.282 e. The summed E-state index contributed by atoms with van der Waals surface area (Å²) in [6, 6.07) is 4.98. The van der Waals surface area contributed by atoms with Crippen LogP contribution in [0.15, 0.2) is 22.7 Å². The maximum atomic E-state index is 12.0. The molecule has 0 aliphatic carbocycles. The van der Waals surface area contributed by atoms with Crippen LogP contribution in [0.5, 0.6) is 0 Å². The third kappa shape index (κ3) is 5.82. The fourth-order valence-electron chi connectivity index (χ4n) is 1.41. The van der Waals surface area contributed by atoms with Crippen LogP contribution in [0.2, 0.25) is 0 Å². The van der Waals surface area contributed by atoms with E-state index in [0.29, 0.717) is 10.2 Å². The third-order valence-corrected chi connectivity index (χ3v) is 4.74. The minimum Gasteiger partial charge on any atom is -0.282 e.